The Balaban J connectivity index is 2.48. The molecule has 0 aliphatic heterocycles. The van der Waals surface area contributed by atoms with Crippen LogP contribution in [0.15, 0.2) is 37.6 Å². The van der Waals surface area contributed by atoms with Crippen molar-refractivity contribution in [1.29, 1.82) is 0 Å². The van der Waals surface area contributed by atoms with Gasteiger partial charge < -0.3 is 4.42 Å². The second-order valence-corrected chi connectivity index (χ2v) is 6.46. The molecule has 1 aromatic heterocycles. The molecule has 0 atom stereocenters. The Kier molecular flexibility index (Phi) is 4.89. The van der Waals surface area contributed by atoms with Crippen molar-refractivity contribution in [3.63, 3.8) is 0 Å². The molecule has 1 aromatic carbocycles. The Bertz CT molecular complexity index is 702. The summed E-state index contributed by atoms with van der Waals surface area (Å²) in [6.07, 6.45) is 2.81. The highest BCUT2D eigenvalue weighted by atomic mass is 79.9. The minimum atomic E-state index is -0.533. The Morgan fingerprint density at radius 2 is 1.85 bits per heavy atom. The molecular weight excluding hydrogens is 407 g/mol. The van der Waals surface area contributed by atoms with E-state index in [4.69, 9.17) is 16.0 Å². The van der Waals surface area contributed by atoms with Crippen molar-refractivity contribution < 1.29 is 9.21 Å². The van der Waals surface area contributed by atoms with Crippen molar-refractivity contribution in [2.75, 3.05) is 0 Å². The average molecular weight is 419 g/mol. The normalized spacial score (nSPS) is 11.2. The van der Waals surface area contributed by atoms with Crippen LogP contribution in [0.25, 0.3) is 17.4 Å². The third kappa shape index (κ3) is 3.43. The van der Waals surface area contributed by atoms with Gasteiger partial charge in [-0.25, -0.2) is 0 Å². The van der Waals surface area contributed by atoms with Crippen molar-refractivity contribution in [2.45, 2.75) is 13.8 Å². The molecule has 2 nitrogen and oxygen atoms in total. The molecule has 2 aromatic rings. The van der Waals surface area contributed by atoms with Crippen molar-refractivity contribution in [2.24, 2.45) is 0 Å². The van der Waals surface area contributed by atoms with Gasteiger partial charge in [0, 0.05) is 16.1 Å². The van der Waals surface area contributed by atoms with Crippen LogP contribution in [0.2, 0.25) is 0 Å². The molecule has 0 spiro atoms. The zero-order valence-electron chi connectivity index (χ0n) is 10.8. The smallest absolute Gasteiger partial charge is 0.245 e. The summed E-state index contributed by atoms with van der Waals surface area (Å²) in [5.74, 6) is 1.31. The third-order valence-electron chi connectivity index (χ3n) is 2.83. The van der Waals surface area contributed by atoms with Crippen molar-refractivity contribution >= 4 is 54.8 Å². The lowest BCUT2D eigenvalue weighted by Gasteiger charge is -2.07. The predicted octanol–water partition coefficient (Wildman–Crippen LogP) is 5.87. The fraction of sp³-hybridized carbons (Fsp3) is 0.133. The number of rotatable bonds is 3. The van der Waals surface area contributed by atoms with Crippen LogP contribution in [0.5, 0.6) is 0 Å². The minimum absolute atomic E-state index is 0.533. The van der Waals surface area contributed by atoms with Crippen LogP contribution in [0.3, 0.4) is 0 Å². The number of furan rings is 1. The first-order valence-corrected chi connectivity index (χ1v) is 7.79. The molecule has 0 saturated heterocycles. The molecule has 0 N–H and O–H groups in total. The lowest BCUT2D eigenvalue weighted by atomic mass is 10.0. The number of allylic oxidation sites excluding steroid dienone is 1. The van der Waals surface area contributed by atoms with Gasteiger partial charge >= 0.3 is 0 Å². The van der Waals surface area contributed by atoms with E-state index in [1.807, 2.05) is 19.9 Å². The summed E-state index contributed by atoms with van der Waals surface area (Å²) >= 11 is 12.3. The van der Waals surface area contributed by atoms with Crippen LogP contribution in [0.4, 0.5) is 0 Å². The van der Waals surface area contributed by atoms with E-state index in [0.717, 1.165) is 31.4 Å². The van der Waals surface area contributed by atoms with E-state index in [1.54, 1.807) is 6.08 Å². The van der Waals surface area contributed by atoms with E-state index in [9.17, 15) is 4.79 Å². The number of aryl methyl sites for hydroxylation is 2. The maximum Gasteiger partial charge on any atom is 0.245 e. The van der Waals surface area contributed by atoms with Crippen LogP contribution in [-0.4, -0.2) is 5.24 Å². The van der Waals surface area contributed by atoms with Crippen LogP contribution < -0.4 is 0 Å². The molecule has 0 saturated carbocycles. The molecule has 20 heavy (non-hydrogen) atoms. The van der Waals surface area contributed by atoms with Gasteiger partial charge in [-0.15, -0.1) is 0 Å². The van der Waals surface area contributed by atoms with E-state index >= 15 is 0 Å². The minimum Gasteiger partial charge on any atom is -0.455 e. The molecule has 104 valence electrons. The maximum atomic E-state index is 10.7. The second-order valence-electron chi connectivity index (χ2n) is 4.38. The van der Waals surface area contributed by atoms with Crippen LogP contribution in [0.1, 0.15) is 16.9 Å². The van der Waals surface area contributed by atoms with Gasteiger partial charge in [-0.1, -0.05) is 15.9 Å². The summed E-state index contributed by atoms with van der Waals surface area (Å²) in [6, 6.07) is 5.92. The summed E-state index contributed by atoms with van der Waals surface area (Å²) in [4.78, 5) is 10.7. The summed E-state index contributed by atoms with van der Waals surface area (Å²) in [6.45, 7) is 4.04. The number of hydrogen-bond donors (Lipinski definition) is 0. The Morgan fingerprint density at radius 3 is 2.50 bits per heavy atom. The lowest BCUT2D eigenvalue weighted by Crippen LogP contribution is -1.85. The van der Waals surface area contributed by atoms with Gasteiger partial charge in [-0.3, -0.25) is 4.79 Å². The lowest BCUT2D eigenvalue weighted by molar-refractivity contribution is -0.107. The van der Waals surface area contributed by atoms with Gasteiger partial charge in [0.2, 0.25) is 5.24 Å². The molecule has 0 unspecified atom stereocenters. The van der Waals surface area contributed by atoms with E-state index < -0.39 is 5.24 Å². The highest BCUT2D eigenvalue weighted by Gasteiger charge is 2.13. The fourth-order valence-electron chi connectivity index (χ4n) is 1.83. The molecule has 2 rings (SSSR count). The highest BCUT2D eigenvalue weighted by Crippen LogP contribution is 2.36. The molecule has 0 bridgehead atoms. The molecule has 0 aliphatic carbocycles. The average Bonchev–Trinajstić information content (AvgIpc) is 2.72. The van der Waals surface area contributed by atoms with Crippen molar-refractivity contribution in [3.05, 3.63) is 50.1 Å². The van der Waals surface area contributed by atoms with Gasteiger partial charge in [0.05, 0.1) is 4.47 Å². The first kappa shape index (κ1) is 15.5. The number of carbonyl (C=O) groups is 1. The van der Waals surface area contributed by atoms with Gasteiger partial charge in [-0.05, 0) is 76.8 Å². The van der Waals surface area contributed by atoms with Gasteiger partial charge in [-0.2, -0.15) is 0 Å². The molecule has 1 heterocycles. The monoisotopic (exact) mass is 416 g/mol. The molecule has 5 heteroatoms. The SMILES string of the molecule is Cc1cc(-c2oc(/C=C/C(=O)Cl)cc2Br)c(C)cc1Br. The molecule has 0 fully saturated rings. The molecule has 0 radical (unpaired) electrons. The number of hydrogen-bond acceptors (Lipinski definition) is 2. The predicted molar refractivity (Wildman–Crippen MR) is 88.9 cm³/mol. The highest BCUT2D eigenvalue weighted by molar-refractivity contribution is 9.10. The summed E-state index contributed by atoms with van der Waals surface area (Å²) in [5, 5.41) is -0.533. The zero-order chi connectivity index (χ0) is 14.9. The first-order chi connectivity index (χ1) is 9.38. The fourth-order valence-corrected chi connectivity index (χ4v) is 2.87. The number of carbonyl (C=O) groups excluding carboxylic acids is 1. The van der Waals surface area contributed by atoms with Crippen molar-refractivity contribution in [3.8, 4) is 11.3 Å². The largest absolute Gasteiger partial charge is 0.455 e. The molecular formula is C15H11Br2ClO2. The first-order valence-electron chi connectivity index (χ1n) is 5.82. The standard InChI is InChI=1S/C15H11Br2ClO2/c1-8-6-12(16)9(2)5-11(8)15-13(17)7-10(20-15)3-4-14(18)19/h3-7H,1-2H3/b4-3+. The van der Waals surface area contributed by atoms with Gasteiger partial charge in [0.1, 0.15) is 11.5 Å². The summed E-state index contributed by atoms with van der Waals surface area (Å²) in [7, 11) is 0. The number of benzene rings is 1. The third-order valence-corrected chi connectivity index (χ3v) is 4.40. The molecule has 0 aliphatic rings. The van der Waals surface area contributed by atoms with E-state index in [1.165, 1.54) is 6.08 Å². The van der Waals surface area contributed by atoms with Crippen molar-refractivity contribution in [1.82, 2.24) is 0 Å². The van der Waals surface area contributed by atoms with Crippen LogP contribution >= 0.6 is 43.5 Å². The Hall–Kier alpha value is -0.840. The molecule has 0 amide bonds. The Labute approximate surface area is 139 Å². The van der Waals surface area contributed by atoms with E-state index in [-0.39, 0.29) is 0 Å². The summed E-state index contributed by atoms with van der Waals surface area (Å²) in [5.41, 5.74) is 3.23. The van der Waals surface area contributed by atoms with E-state index in [0.29, 0.717) is 5.76 Å². The quantitative estimate of drug-likeness (QED) is 0.461. The second kappa shape index (κ2) is 6.29. The van der Waals surface area contributed by atoms with Crippen LogP contribution in [-0.2, 0) is 4.79 Å². The Morgan fingerprint density at radius 1 is 1.15 bits per heavy atom. The van der Waals surface area contributed by atoms with Gasteiger partial charge in [0.25, 0.3) is 0 Å². The van der Waals surface area contributed by atoms with E-state index in [2.05, 4.69) is 44.0 Å². The van der Waals surface area contributed by atoms with Crippen LogP contribution in [0, 0.1) is 13.8 Å². The summed E-state index contributed by atoms with van der Waals surface area (Å²) < 4.78 is 7.67. The maximum absolute atomic E-state index is 10.7. The zero-order valence-corrected chi connectivity index (χ0v) is 14.8. The number of halogens is 3. The topological polar surface area (TPSA) is 30.2 Å². The van der Waals surface area contributed by atoms with Gasteiger partial charge in [0.15, 0.2) is 0 Å².